The Balaban J connectivity index is 2.63. The van der Waals surface area contributed by atoms with Gasteiger partial charge in [0.1, 0.15) is 5.75 Å². The molecule has 0 N–H and O–H groups in total. The maximum absolute atomic E-state index is 13.2. The molecule has 2 rings (SSSR count). The van der Waals surface area contributed by atoms with Crippen LogP contribution in [-0.4, -0.2) is 6.36 Å². The fourth-order valence-corrected chi connectivity index (χ4v) is 2.26. The van der Waals surface area contributed by atoms with Gasteiger partial charge in [0.25, 0.3) is 0 Å². The lowest BCUT2D eigenvalue weighted by Gasteiger charge is -2.17. The number of benzene rings is 2. The van der Waals surface area contributed by atoms with Gasteiger partial charge >= 0.3 is 12.5 Å². The Hall–Kier alpha value is -2.69. The average Bonchev–Trinajstić information content (AvgIpc) is 2.45. The van der Waals surface area contributed by atoms with Crippen LogP contribution in [0.4, 0.5) is 26.3 Å². The first-order valence-corrected chi connectivity index (χ1v) is 6.54. The fraction of sp³-hybridized carbons (Fsp3) is 0.188. The molecule has 0 aliphatic heterocycles. The molecule has 0 saturated heterocycles. The first kappa shape index (κ1) is 17.7. The van der Waals surface area contributed by atoms with E-state index in [0.717, 1.165) is 30.3 Å². The van der Waals surface area contributed by atoms with E-state index in [1.54, 1.807) is 6.07 Å². The van der Waals surface area contributed by atoms with Crippen LogP contribution in [0, 0.1) is 11.3 Å². The van der Waals surface area contributed by atoms with Crippen molar-refractivity contribution in [3.63, 3.8) is 0 Å². The highest BCUT2D eigenvalue weighted by atomic mass is 19.4. The van der Waals surface area contributed by atoms with Crippen molar-refractivity contribution in [2.75, 3.05) is 0 Å². The van der Waals surface area contributed by atoms with Gasteiger partial charge in [0, 0.05) is 0 Å². The minimum Gasteiger partial charge on any atom is -0.406 e. The number of halogens is 6. The molecule has 0 heterocycles. The monoisotopic (exact) mass is 345 g/mol. The molecule has 0 aliphatic rings. The van der Waals surface area contributed by atoms with Crippen LogP contribution in [0.15, 0.2) is 42.5 Å². The van der Waals surface area contributed by atoms with Crippen molar-refractivity contribution in [1.82, 2.24) is 0 Å². The van der Waals surface area contributed by atoms with Gasteiger partial charge < -0.3 is 4.74 Å². The summed E-state index contributed by atoms with van der Waals surface area (Å²) in [6, 6.07) is 9.26. The van der Waals surface area contributed by atoms with Crippen LogP contribution < -0.4 is 4.74 Å². The second-order valence-electron chi connectivity index (χ2n) is 4.75. The van der Waals surface area contributed by atoms with E-state index < -0.39 is 23.9 Å². The zero-order valence-corrected chi connectivity index (χ0v) is 11.9. The first-order chi connectivity index (χ1) is 11.1. The Morgan fingerprint density at radius 3 is 2.21 bits per heavy atom. The van der Waals surface area contributed by atoms with E-state index in [0.29, 0.717) is 0 Å². The van der Waals surface area contributed by atoms with Gasteiger partial charge in [0.15, 0.2) is 0 Å². The van der Waals surface area contributed by atoms with Crippen LogP contribution in [-0.2, 0) is 12.6 Å². The zero-order chi connectivity index (χ0) is 18.0. The molecule has 0 fully saturated rings. The Bertz CT molecular complexity index is 773. The Labute approximate surface area is 132 Å². The average molecular weight is 345 g/mol. The van der Waals surface area contributed by atoms with Crippen molar-refractivity contribution in [2.24, 2.45) is 0 Å². The van der Waals surface area contributed by atoms with Gasteiger partial charge in [-0.2, -0.15) is 18.4 Å². The fourth-order valence-electron chi connectivity index (χ4n) is 2.26. The smallest absolute Gasteiger partial charge is 0.406 e. The topological polar surface area (TPSA) is 33.0 Å². The summed E-state index contributed by atoms with van der Waals surface area (Å²) >= 11 is 0. The molecular formula is C16H9F6NO. The van der Waals surface area contributed by atoms with Gasteiger partial charge in [0.05, 0.1) is 18.1 Å². The lowest BCUT2D eigenvalue weighted by molar-refractivity contribution is -0.274. The molecule has 2 aromatic rings. The van der Waals surface area contributed by atoms with Crippen molar-refractivity contribution in [3.05, 3.63) is 53.6 Å². The standard InChI is InChI=1S/C16H9F6NO/c17-15(18,19)13-6-2-3-10(7-8-23)14(13)11-4-1-5-12(9-11)24-16(20,21)22/h1-6,9H,7H2. The van der Waals surface area contributed by atoms with Crippen LogP contribution in [0.25, 0.3) is 11.1 Å². The molecule has 2 aromatic carbocycles. The Morgan fingerprint density at radius 2 is 1.62 bits per heavy atom. The molecule has 0 aliphatic carbocycles. The molecule has 0 amide bonds. The highest BCUT2D eigenvalue weighted by molar-refractivity contribution is 5.73. The molecule has 0 unspecified atom stereocenters. The molecule has 0 aromatic heterocycles. The number of rotatable bonds is 3. The predicted octanol–water partition coefficient (Wildman–Crippen LogP) is 5.34. The second-order valence-corrected chi connectivity index (χ2v) is 4.75. The summed E-state index contributed by atoms with van der Waals surface area (Å²) < 4.78 is 80.3. The lowest BCUT2D eigenvalue weighted by Crippen LogP contribution is -2.17. The molecule has 0 atom stereocenters. The Kier molecular flexibility index (Phi) is 4.73. The van der Waals surface area contributed by atoms with Crippen molar-refractivity contribution in [2.45, 2.75) is 19.0 Å². The van der Waals surface area contributed by atoms with Crippen molar-refractivity contribution in [3.8, 4) is 22.9 Å². The van der Waals surface area contributed by atoms with E-state index in [-0.39, 0.29) is 23.1 Å². The number of alkyl halides is 6. The van der Waals surface area contributed by atoms with E-state index >= 15 is 0 Å². The molecule has 0 saturated carbocycles. The molecule has 0 radical (unpaired) electrons. The predicted molar refractivity (Wildman–Crippen MR) is 72.9 cm³/mol. The minimum atomic E-state index is -4.96. The maximum atomic E-state index is 13.2. The summed E-state index contributed by atoms with van der Waals surface area (Å²) in [5.74, 6) is -0.639. The van der Waals surface area contributed by atoms with E-state index in [9.17, 15) is 26.3 Å². The summed E-state index contributed by atoms with van der Waals surface area (Å²) in [5.41, 5.74) is -1.41. The zero-order valence-electron chi connectivity index (χ0n) is 11.9. The minimum absolute atomic E-state index is 0.0662. The molecule has 126 valence electrons. The van der Waals surface area contributed by atoms with Crippen LogP contribution in [0.3, 0.4) is 0 Å². The SMILES string of the molecule is N#CCc1cccc(C(F)(F)F)c1-c1cccc(OC(F)(F)F)c1. The summed E-state index contributed by atoms with van der Waals surface area (Å²) in [6.45, 7) is 0. The third kappa shape index (κ3) is 4.19. The van der Waals surface area contributed by atoms with Crippen LogP contribution in [0.1, 0.15) is 11.1 Å². The first-order valence-electron chi connectivity index (χ1n) is 6.54. The number of hydrogen-bond acceptors (Lipinski definition) is 2. The molecule has 2 nitrogen and oxygen atoms in total. The molecule has 24 heavy (non-hydrogen) atoms. The van der Waals surface area contributed by atoms with Crippen molar-refractivity contribution in [1.29, 1.82) is 5.26 Å². The number of nitriles is 1. The van der Waals surface area contributed by atoms with Crippen molar-refractivity contribution >= 4 is 0 Å². The molecular weight excluding hydrogens is 336 g/mol. The largest absolute Gasteiger partial charge is 0.573 e. The summed E-state index contributed by atoms with van der Waals surface area (Å²) in [7, 11) is 0. The molecule has 8 heteroatoms. The molecule has 0 spiro atoms. The number of hydrogen-bond donors (Lipinski definition) is 0. The third-order valence-corrected chi connectivity index (χ3v) is 3.08. The van der Waals surface area contributed by atoms with E-state index in [2.05, 4.69) is 4.74 Å². The van der Waals surface area contributed by atoms with Gasteiger partial charge in [-0.25, -0.2) is 0 Å². The van der Waals surface area contributed by atoms with E-state index in [1.807, 2.05) is 0 Å². The second kappa shape index (κ2) is 6.43. The Morgan fingerprint density at radius 1 is 0.958 bits per heavy atom. The van der Waals surface area contributed by atoms with E-state index in [4.69, 9.17) is 5.26 Å². The highest BCUT2D eigenvalue weighted by Crippen LogP contribution is 2.40. The normalized spacial score (nSPS) is 11.9. The number of nitrogens with zero attached hydrogens (tertiary/aromatic N) is 1. The third-order valence-electron chi connectivity index (χ3n) is 3.08. The lowest BCUT2D eigenvalue weighted by atomic mass is 9.92. The van der Waals surface area contributed by atoms with E-state index in [1.165, 1.54) is 12.1 Å². The quantitative estimate of drug-likeness (QED) is 0.704. The summed E-state index contributed by atoms with van der Waals surface area (Å²) in [5, 5.41) is 8.79. The number of ether oxygens (including phenoxy) is 1. The van der Waals surface area contributed by atoms with Crippen LogP contribution in [0.5, 0.6) is 5.75 Å². The van der Waals surface area contributed by atoms with Gasteiger partial charge in [-0.15, -0.1) is 13.2 Å². The maximum Gasteiger partial charge on any atom is 0.573 e. The van der Waals surface area contributed by atoms with Crippen LogP contribution >= 0.6 is 0 Å². The van der Waals surface area contributed by atoms with Crippen LogP contribution in [0.2, 0.25) is 0 Å². The van der Waals surface area contributed by atoms with Crippen molar-refractivity contribution < 1.29 is 31.1 Å². The summed E-state index contributed by atoms with van der Waals surface area (Å²) in [4.78, 5) is 0. The highest BCUT2D eigenvalue weighted by Gasteiger charge is 2.35. The summed E-state index contributed by atoms with van der Waals surface area (Å²) in [6.07, 6.45) is -10.00. The van der Waals surface area contributed by atoms with Gasteiger partial charge in [-0.3, -0.25) is 0 Å². The molecule has 0 bridgehead atoms. The van der Waals surface area contributed by atoms with Gasteiger partial charge in [-0.05, 0) is 34.9 Å². The van der Waals surface area contributed by atoms with Gasteiger partial charge in [0.2, 0.25) is 0 Å². The van der Waals surface area contributed by atoms with Gasteiger partial charge in [-0.1, -0.05) is 24.3 Å².